The van der Waals surface area contributed by atoms with Crippen molar-refractivity contribution in [1.29, 1.82) is 0 Å². The van der Waals surface area contributed by atoms with Crippen molar-refractivity contribution in [2.75, 3.05) is 6.54 Å². The Labute approximate surface area is 144 Å². The molecule has 1 amide bonds. The van der Waals surface area contributed by atoms with Gasteiger partial charge in [0, 0.05) is 18.7 Å². The topological polar surface area (TPSA) is 38.1 Å². The third-order valence-electron chi connectivity index (χ3n) is 4.40. The third-order valence-corrected chi connectivity index (χ3v) is 4.40. The molecule has 1 aromatic carbocycles. The maximum Gasteiger partial charge on any atom is 0.280 e. The zero-order valence-corrected chi connectivity index (χ0v) is 14.1. The Kier molecular flexibility index (Phi) is 4.83. The highest BCUT2D eigenvalue weighted by atomic mass is 19.3. The molecule has 0 saturated carbocycles. The van der Waals surface area contributed by atoms with Gasteiger partial charge in [-0.2, -0.15) is 5.10 Å². The maximum absolute atomic E-state index is 14.0. The van der Waals surface area contributed by atoms with Crippen LogP contribution in [0.5, 0.6) is 0 Å². The van der Waals surface area contributed by atoms with Gasteiger partial charge >= 0.3 is 0 Å². The van der Waals surface area contributed by atoms with Crippen LogP contribution in [0.15, 0.2) is 30.5 Å². The molecular formula is C18H20F3N3O. The standard InChI is InChI=1S/C18H20F3N3O/c1-11(2)10-24-16(17(20)21)13(9-22-24)18(25)23-8-7-15(23)12-5-3-4-6-14(12)19/h3-6,9,11,15,17H,7-8,10H2,1-2H3. The molecule has 134 valence electrons. The summed E-state index contributed by atoms with van der Waals surface area (Å²) < 4.78 is 42.2. The molecule has 1 saturated heterocycles. The number of alkyl halides is 2. The van der Waals surface area contributed by atoms with Crippen LogP contribution in [0, 0.1) is 11.7 Å². The number of hydrogen-bond acceptors (Lipinski definition) is 2. The van der Waals surface area contributed by atoms with E-state index in [9.17, 15) is 18.0 Å². The molecule has 4 nitrogen and oxygen atoms in total. The first-order valence-corrected chi connectivity index (χ1v) is 8.29. The second-order valence-electron chi connectivity index (χ2n) is 6.64. The van der Waals surface area contributed by atoms with Gasteiger partial charge in [0.05, 0.1) is 17.8 Å². The Balaban J connectivity index is 1.89. The number of rotatable bonds is 5. The largest absolute Gasteiger partial charge is 0.331 e. The molecule has 1 aliphatic heterocycles. The summed E-state index contributed by atoms with van der Waals surface area (Å²) in [4.78, 5) is 14.2. The molecule has 25 heavy (non-hydrogen) atoms. The highest BCUT2D eigenvalue weighted by molar-refractivity contribution is 5.96. The van der Waals surface area contributed by atoms with Crippen LogP contribution in [-0.4, -0.2) is 27.1 Å². The molecule has 0 bridgehead atoms. The van der Waals surface area contributed by atoms with E-state index in [1.807, 2.05) is 13.8 Å². The van der Waals surface area contributed by atoms with Crippen LogP contribution in [0.2, 0.25) is 0 Å². The Hall–Kier alpha value is -2.31. The predicted molar refractivity (Wildman–Crippen MR) is 86.8 cm³/mol. The number of nitrogens with zero attached hydrogens (tertiary/aromatic N) is 3. The summed E-state index contributed by atoms with van der Waals surface area (Å²) in [6, 6.07) is 5.81. The molecule has 0 spiro atoms. The van der Waals surface area contributed by atoms with Crippen LogP contribution >= 0.6 is 0 Å². The van der Waals surface area contributed by atoms with Gasteiger partial charge < -0.3 is 4.90 Å². The number of benzene rings is 1. The molecule has 3 rings (SSSR count). The van der Waals surface area contributed by atoms with Gasteiger partial charge in [-0.15, -0.1) is 0 Å². The van der Waals surface area contributed by atoms with E-state index >= 15 is 0 Å². The van der Waals surface area contributed by atoms with Crippen molar-refractivity contribution in [3.63, 3.8) is 0 Å². The second kappa shape index (κ2) is 6.90. The van der Waals surface area contributed by atoms with Crippen LogP contribution in [0.1, 0.15) is 54.4 Å². The first kappa shape index (κ1) is 17.5. The minimum absolute atomic E-state index is 0.100. The van der Waals surface area contributed by atoms with Crippen molar-refractivity contribution in [1.82, 2.24) is 14.7 Å². The van der Waals surface area contributed by atoms with E-state index in [1.54, 1.807) is 18.2 Å². The number of amides is 1. The van der Waals surface area contributed by atoms with Crippen molar-refractivity contribution in [3.05, 3.63) is 53.1 Å². The van der Waals surface area contributed by atoms with Gasteiger partial charge in [-0.25, -0.2) is 13.2 Å². The molecule has 0 N–H and O–H groups in total. The fraction of sp³-hybridized carbons (Fsp3) is 0.444. The van der Waals surface area contributed by atoms with Gasteiger partial charge in [-0.3, -0.25) is 9.48 Å². The minimum Gasteiger partial charge on any atom is -0.331 e. The number of hydrogen-bond donors (Lipinski definition) is 0. The van der Waals surface area contributed by atoms with E-state index in [1.165, 1.54) is 21.8 Å². The summed E-state index contributed by atoms with van der Waals surface area (Å²) in [7, 11) is 0. The normalized spacial score (nSPS) is 17.2. The summed E-state index contributed by atoms with van der Waals surface area (Å²) in [5, 5.41) is 3.97. The van der Waals surface area contributed by atoms with E-state index in [-0.39, 0.29) is 17.2 Å². The monoisotopic (exact) mass is 351 g/mol. The third kappa shape index (κ3) is 3.27. The number of likely N-dealkylation sites (tertiary alicyclic amines) is 1. The van der Waals surface area contributed by atoms with Crippen LogP contribution in [0.3, 0.4) is 0 Å². The first-order valence-electron chi connectivity index (χ1n) is 8.29. The van der Waals surface area contributed by atoms with E-state index < -0.39 is 24.2 Å². The Morgan fingerprint density at radius 1 is 1.32 bits per heavy atom. The zero-order chi connectivity index (χ0) is 18.1. The Bertz CT molecular complexity index is 773. The van der Waals surface area contributed by atoms with Crippen LogP contribution in [0.25, 0.3) is 0 Å². The summed E-state index contributed by atoms with van der Waals surface area (Å²) >= 11 is 0. The van der Waals surface area contributed by atoms with Gasteiger partial charge in [0.2, 0.25) is 0 Å². The van der Waals surface area contributed by atoms with Crippen molar-refractivity contribution < 1.29 is 18.0 Å². The van der Waals surface area contributed by atoms with Gasteiger partial charge in [0.25, 0.3) is 12.3 Å². The summed E-state index contributed by atoms with van der Waals surface area (Å²) in [5.41, 5.74) is -0.0511. The van der Waals surface area contributed by atoms with Crippen molar-refractivity contribution >= 4 is 5.91 Å². The second-order valence-corrected chi connectivity index (χ2v) is 6.64. The number of carbonyl (C=O) groups excluding carboxylic acids is 1. The molecule has 2 aromatic rings. The van der Waals surface area contributed by atoms with Crippen LogP contribution in [-0.2, 0) is 6.54 Å². The van der Waals surface area contributed by atoms with Crippen molar-refractivity contribution in [3.8, 4) is 0 Å². The van der Waals surface area contributed by atoms with Crippen LogP contribution < -0.4 is 0 Å². The molecular weight excluding hydrogens is 331 g/mol. The smallest absolute Gasteiger partial charge is 0.280 e. The van der Waals surface area contributed by atoms with E-state index in [4.69, 9.17) is 0 Å². The van der Waals surface area contributed by atoms with Gasteiger partial charge in [-0.1, -0.05) is 32.0 Å². The molecule has 1 unspecified atom stereocenters. The Morgan fingerprint density at radius 3 is 2.60 bits per heavy atom. The van der Waals surface area contributed by atoms with E-state index in [0.717, 1.165) is 0 Å². The highest BCUT2D eigenvalue weighted by Crippen LogP contribution is 2.37. The molecule has 1 fully saturated rings. The Morgan fingerprint density at radius 2 is 2.04 bits per heavy atom. The molecule has 2 heterocycles. The minimum atomic E-state index is -2.80. The molecule has 7 heteroatoms. The number of aromatic nitrogens is 2. The quantitative estimate of drug-likeness (QED) is 0.810. The maximum atomic E-state index is 14.0. The van der Waals surface area contributed by atoms with Gasteiger partial charge in [-0.05, 0) is 18.4 Å². The van der Waals surface area contributed by atoms with Gasteiger partial charge in [0.15, 0.2) is 0 Å². The lowest BCUT2D eigenvalue weighted by molar-refractivity contribution is 0.0442. The van der Waals surface area contributed by atoms with Crippen molar-refractivity contribution in [2.45, 2.75) is 39.3 Å². The lowest BCUT2D eigenvalue weighted by Gasteiger charge is -2.41. The first-order chi connectivity index (χ1) is 11.9. The van der Waals surface area contributed by atoms with Crippen LogP contribution in [0.4, 0.5) is 13.2 Å². The molecule has 1 atom stereocenters. The SMILES string of the molecule is CC(C)Cn1ncc(C(=O)N2CCC2c2ccccc2F)c1C(F)F. The average Bonchev–Trinajstić information content (AvgIpc) is 2.91. The summed E-state index contributed by atoms with van der Waals surface area (Å²) in [6.07, 6.45) is -0.992. The fourth-order valence-corrected chi connectivity index (χ4v) is 3.13. The van der Waals surface area contributed by atoms with Crippen molar-refractivity contribution in [2.24, 2.45) is 5.92 Å². The summed E-state index contributed by atoms with van der Waals surface area (Å²) in [5.74, 6) is -0.796. The van der Waals surface area contributed by atoms with Gasteiger partial charge in [0.1, 0.15) is 11.5 Å². The fourth-order valence-electron chi connectivity index (χ4n) is 3.13. The number of halogens is 3. The molecule has 0 radical (unpaired) electrons. The van der Waals surface area contributed by atoms with E-state index in [2.05, 4.69) is 5.10 Å². The number of carbonyl (C=O) groups is 1. The highest BCUT2D eigenvalue weighted by Gasteiger charge is 2.38. The average molecular weight is 351 g/mol. The zero-order valence-electron chi connectivity index (χ0n) is 14.1. The lowest BCUT2D eigenvalue weighted by atomic mass is 9.93. The predicted octanol–water partition coefficient (Wildman–Crippen LogP) is 4.20. The molecule has 1 aromatic heterocycles. The lowest BCUT2D eigenvalue weighted by Crippen LogP contribution is -2.45. The summed E-state index contributed by atoms with van der Waals surface area (Å²) in [6.45, 7) is 4.50. The van der Waals surface area contributed by atoms with E-state index in [0.29, 0.717) is 25.1 Å². The molecule has 1 aliphatic rings. The molecule has 0 aliphatic carbocycles.